The molecule has 0 atom stereocenters. The van der Waals surface area contributed by atoms with Gasteiger partial charge in [-0.15, -0.1) is 11.3 Å². The van der Waals surface area contributed by atoms with Crippen molar-refractivity contribution in [3.05, 3.63) is 16.1 Å². The minimum Gasteiger partial charge on any atom is -0.314 e. The maximum atomic E-state index is 12.2. The number of alkyl halides is 3. The highest BCUT2D eigenvalue weighted by molar-refractivity contribution is 7.09. The third kappa shape index (κ3) is 4.17. The summed E-state index contributed by atoms with van der Waals surface area (Å²) in [4.78, 5) is 3.53. The Balaban J connectivity index is 2.47. The third-order valence-corrected chi connectivity index (χ3v) is 2.64. The molecule has 1 heterocycles. The highest BCUT2D eigenvalue weighted by Gasteiger charge is 2.33. The summed E-state index contributed by atoms with van der Waals surface area (Å²) in [6.45, 7) is 4.63. The van der Waals surface area contributed by atoms with Gasteiger partial charge in [0, 0.05) is 24.4 Å². The molecule has 0 saturated heterocycles. The van der Waals surface area contributed by atoms with E-state index >= 15 is 0 Å². The molecule has 0 aromatic carbocycles. The Bertz CT molecular complexity index is 307. The Kier molecular flexibility index (Phi) is 4.10. The van der Waals surface area contributed by atoms with Crippen LogP contribution in [0, 0.1) is 0 Å². The molecule has 2 nitrogen and oxygen atoms in total. The molecule has 0 saturated carbocycles. The molecule has 1 N–H and O–H groups in total. The maximum absolute atomic E-state index is 12.2. The molecule has 0 bridgehead atoms. The van der Waals surface area contributed by atoms with E-state index in [0.717, 1.165) is 16.7 Å². The second-order valence-electron chi connectivity index (χ2n) is 3.48. The monoisotopic (exact) mass is 238 g/mol. The summed E-state index contributed by atoms with van der Waals surface area (Å²) in [7, 11) is 0. The molecule has 1 rings (SSSR count). The van der Waals surface area contributed by atoms with Gasteiger partial charge in [0.25, 0.3) is 0 Å². The topological polar surface area (TPSA) is 24.9 Å². The summed E-state index contributed by atoms with van der Waals surface area (Å²) in [6.07, 6.45) is -3.78. The Morgan fingerprint density at radius 3 is 2.60 bits per heavy atom. The van der Waals surface area contributed by atoms with E-state index in [1.165, 1.54) is 0 Å². The van der Waals surface area contributed by atoms with Crippen molar-refractivity contribution < 1.29 is 13.2 Å². The van der Waals surface area contributed by atoms with Gasteiger partial charge in [-0.25, -0.2) is 4.98 Å². The van der Waals surface area contributed by atoms with Crippen LogP contribution in [-0.4, -0.2) is 17.6 Å². The Labute approximate surface area is 90.5 Å². The summed E-state index contributed by atoms with van der Waals surface area (Å²) >= 11 is 1.06. The quantitative estimate of drug-likeness (QED) is 0.872. The maximum Gasteiger partial charge on any atom is 0.434 e. The number of aromatic nitrogens is 1. The Hall–Kier alpha value is -0.620. The van der Waals surface area contributed by atoms with Gasteiger partial charge in [0.2, 0.25) is 0 Å². The minimum absolute atomic E-state index is 0.340. The van der Waals surface area contributed by atoms with Crippen molar-refractivity contribution in [2.45, 2.75) is 32.5 Å². The number of hydrogen-bond acceptors (Lipinski definition) is 3. The van der Waals surface area contributed by atoms with Crippen LogP contribution < -0.4 is 5.32 Å². The van der Waals surface area contributed by atoms with Gasteiger partial charge in [-0.3, -0.25) is 0 Å². The third-order valence-electron chi connectivity index (χ3n) is 1.73. The van der Waals surface area contributed by atoms with E-state index in [0.29, 0.717) is 24.0 Å². The van der Waals surface area contributed by atoms with Crippen LogP contribution in [0.25, 0.3) is 0 Å². The van der Waals surface area contributed by atoms with Gasteiger partial charge in [0.1, 0.15) is 0 Å². The summed E-state index contributed by atoms with van der Waals surface area (Å²) < 4.78 is 36.5. The second-order valence-corrected chi connectivity index (χ2v) is 4.43. The Morgan fingerprint density at radius 2 is 2.13 bits per heavy atom. The summed E-state index contributed by atoms with van der Waals surface area (Å²) in [5, 5.41) is 4.71. The van der Waals surface area contributed by atoms with Gasteiger partial charge < -0.3 is 5.32 Å². The second kappa shape index (κ2) is 4.94. The van der Waals surface area contributed by atoms with Crippen molar-refractivity contribution in [3.8, 4) is 0 Å². The first-order valence-electron chi connectivity index (χ1n) is 4.64. The summed E-state index contributed by atoms with van der Waals surface area (Å²) in [6, 6.07) is 0.340. The number of halogens is 3. The fourth-order valence-corrected chi connectivity index (χ4v) is 1.83. The van der Waals surface area contributed by atoms with E-state index in [1.807, 2.05) is 13.8 Å². The minimum atomic E-state index is -4.32. The van der Waals surface area contributed by atoms with Crippen molar-refractivity contribution in [1.82, 2.24) is 10.3 Å². The van der Waals surface area contributed by atoms with Crippen LogP contribution in [0.15, 0.2) is 5.38 Å². The van der Waals surface area contributed by atoms with Gasteiger partial charge >= 0.3 is 6.18 Å². The molecule has 0 aliphatic heterocycles. The molecule has 15 heavy (non-hydrogen) atoms. The standard InChI is InChI=1S/C9H13F3N2S/c1-6(2)13-4-3-8-14-7(5-15-8)9(10,11)12/h5-6,13H,3-4H2,1-2H3. The molecule has 1 aromatic heterocycles. The van der Waals surface area contributed by atoms with Gasteiger partial charge in [-0.2, -0.15) is 13.2 Å². The number of hydrogen-bond donors (Lipinski definition) is 1. The van der Waals surface area contributed by atoms with Gasteiger partial charge in [0.15, 0.2) is 5.69 Å². The van der Waals surface area contributed by atoms with Crippen LogP contribution >= 0.6 is 11.3 Å². The lowest BCUT2D eigenvalue weighted by molar-refractivity contribution is -0.140. The van der Waals surface area contributed by atoms with Crippen molar-refractivity contribution in [2.24, 2.45) is 0 Å². The van der Waals surface area contributed by atoms with Crippen LogP contribution in [0.5, 0.6) is 0 Å². The van der Waals surface area contributed by atoms with Gasteiger partial charge in [0.05, 0.1) is 5.01 Å². The molecule has 0 spiro atoms. The molecule has 0 aliphatic rings. The number of rotatable bonds is 4. The molecule has 0 unspecified atom stereocenters. The van der Waals surface area contributed by atoms with Gasteiger partial charge in [-0.1, -0.05) is 13.8 Å². The zero-order valence-electron chi connectivity index (χ0n) is 8.56. The summed E-state index contributed by atoms with van der Waals surface area (Å²) in [5.74, 6) is 0. The van der Waals surface area contributed by atoms with Crippen LogP contribution in [0.4, 0.5) is 13.2 Å². The fraction of sp³-hybridized carbons (Fsp3) is 0.667. The summed E-state index contributed by atoms with van der Waals surface area (Å²) in [5.41, 5.74) is -0.785. The van der Waals surface area contributed by atoms with E-state index in [2.05, 4.69) is 10.3 Å². The smallest absolute Gasteiger partial charge is 0.314 e. The molecular formula is C9H13F3N2S. The average Bonchev–Trinajstić information content (AvgIpc) is 2.51. The number of thiazole rings is 1. The van der Waals surface area contributed by atoms with Crippen molar-refractivity contribution in [1.29, 1.82) is 0 Å². The SMILES string of the molecule is CC(C)NCCc1nc(C(F)(F)F)cs1. The number of nitrogens with one attached hydrogen (secondary N) is 1. The molecular weight excluding hydrogens is 225 g/mol. The molecule has 86 valence electrons. The average molecular weight is 238 g/mol. The van der Waals surface area contributed by atoms with Gasteiger partial charge in [-0.05, 0) is 0 Å². The normalized spacial score (nSPS) is 12.4. The van der Waals surface area contributed by atoms with E-state index < -0.39 is 11.9 Å². The zero-order chi connectivity index (χ0) is 11.5. The lowest BCUT2D eigenvalue weighted by Gasteiger charge is -2.05. The van der Waals surface area contributed by atoms with Crippen LogP contribution in [0.3, 0.4) is 0 Å². The van der Waals surface area contributed by atoms with E-state index in [9.17, 15) is 13.2 Å². The predicted molar refractivity (Wildman–Crippen MR) is 54.0 cm³/mol. The van der Waals surface area contributed by atoms with Crippen LogP contribution in [-0.2, 0) is 12.6 Å². The molecule has 6 heteroatoms. The van der Waals surface area contributed by atoms with Crippen molar-refractivity contribution >= 4 is 11.3 Å². The van der Waals surface area contributed by atoms with E-state index in [1.54, 1.807) is 0 Å². The first-order valence-corrected chi connectivity index (χ1v) is 5.52. The highest BCUT2D eigenvalue weighted by atomic mass is 32.1. The predicted octanol–water partition coefficient (Wildman–Crippen LogP) is 2.70. The lowest BCUT2D eigenvalue weighted by atomic mass is 10.3. The lowest BCUT2D eigenvalue weighted by Crippen LogP contribution is -2.24. The number of nitrogens with zero attached hydrogens (tertiary/aromatic N) is 1. The fourth-order valence-electron chi connectivity index (χ4n) is 1.02. The van der Waals surface area contributed by atoms with E-state index in [4.69, 9.17) is 0 Å². The first kappa shape index (κ1) is 12.4. The molecule has 0 radical (unpaired) electrons. The zero-order valence-corrected chi connectivity index (χ0v) is 9.37. The van der Waals surface area contributed by atoms with E-state index in [-0.39, 0.29) is 0 Å². The first-order chi connectivity index (χ1) is 6.89. The molecule has 1 aromatic rings. The largest absolute Gasteiger partial charge is 0.434 e. The molecule has 0 aliphatic carbocycles. The molecule has 0 fully saturated rings. The van der Waals surface area contributed by atoms with Crippen molar-refractivity contribution in [2.75, 3.05) is 6.54 Å². The van der Waals surface area contributed by atoms with Crippen LogP contribution in [0.1, 0.15) is 24.5 Å². The molecule has 0 amide bonds. The van der Waals surface area contributed by atoms with Crippen molar-refractivity contribution in [3.63, 3.8) is 0 Å². The highest BCUT2D eigenvalue weighted by Crippen LogP contribution is 2.29. The Morgan fingerprint density at radius 1 is 1.47 bits per heavy atom. The van der Waals surface area contributed by atoms with Crippen LogP contribution in [0.2, 0.25) is 0 Å².